The van der Waals surface area contributed by atoms with Crippen molar-refractivity contribution in [3.05, 3.63) is 78.0 Å². The summed E-state index contributed by atoms with van der Waals surface area (Å²) < 4.78 is 5.77. The molecule has 1 fully saturated rings. The third-order valence-electron chi connectivity index (χ3n) is 4.71. The van der Waals surface area contributed by atoms with Crippen molar-refractivity contribution in [2.45, 2.75) is 18.8 Å². The highest BCUT2D eigenvalue weighted by Crippen LogP contribution is 2.29. The second-order valence-electron chi connectivity index (χ2n) is 6.53. The van der Waals surface area contributed by atoms with Crippen LogP contribution in [-0.4, -0.2) is 34.1 Å². The van der Waals surface area contributed by atoms with Gasteiger partial charge in [0.25, 0.3) is 5.91 Å². The van der Waals surface area contributed by atoms with Gasteiger partial charge in [0.05, 0.1) is 0 Å². The van der Waals surface area contributed by atoms with E-state index in [1.807, 2.05) is 71.6 Å². The summed E-state index contributed by atoms with van der Waals surface area (Å²) >= 11 is 0. The zero-order valence-corrected chi connectivity index (χ0v) is 14.5. The van der Waals surface area contributed by atoms with Crippen LogP contribution in [0.2, 0.25) is 0 Å². The number of ether oxygens (including phenoxy) is 1. The van der Waals surface area contributed by atoms with Gasteiger partial charge in [0.1, 0.15) is 5.75 Å². The number of nitrogens with one attached hydrogen (secondary N) is 1. The molecule has 2 aromatic carbocycles. The van der Waals surface area contributed by atoms with Crippen molar-refractivity contribution < 1.29 is 9.53 Å². The maximum absolute atomic E-state index is 12.7. The number of hydrogen-bond donors (Lipinski definition) is 1. The maximum atomic E-state index is 12.7. The molecule has 26 heavy (non-hydrogen) atoms. The molecule has 1 aliphatic heterocycles. The van der Waals surface area contributed by atoms with E-state index in [1.165, 1.54) is 0 Å². The lowest BCUT2D eigenvalue weighted by molar-refractivity contribution is 0.0706. The van der Waals surface area contributed by atoms with Crippen molar-refractivity contribution in [2.75, 3.05) is 13.1 Å². The molecule has 5 nitrogen and oxygen atoms in total. The van der Waals surface area contributed by atoms with Crippen LogP contribution in [0.15, 0.2) is 66.7 Å². The molecule has 0 saturated carbocycles. The van der Waals surface area contributed by atoms with Gasteiger partial charge in [-0.1, -0.05) is 36.4 Å². The number of nitrogens with zero attached hydrogens (tertiary/aromatic N) is 2. The lowest BCUT2D eigenvalue weighted by Crippen LogP contribution is -2.39. The van der Waals surface area contributed by atoms with E-state index in [9.17, 15) is 4.79 Å². The molecule has 1 aliphatic rings. The summed E-state index contributed by atoms with van der Waals surface area (Å²) in [4.78, 5) is 14.6. The van der Waals surface area contributed by atoms with Crippen molar-refractivity contribution in [3.8, 4) is 11.6 Å². The van der Waals surface area contributed by atoms with E-state index >= 15 is 0 Å². The smallest absolute Gasteiger partial charge is 0.253 e. The molecule has 1 amide bonds. The number of para-hydroxylation sites is 1. The molecule has 5 heteroatoms. The monoisotopic (exact) mass is 347 g/mol. The summed E-state index contributed by atoms with van der Waals surface area (Å²) in [6.45, 7) is 1.49. The summed E-state index contributed by atoms with van der Waals surface area (Å²) in [6.07, 6.45) is 2.02. The minimum absolute atomic E-state index is 0.0931. The molecule has 0 unspecified atom stereocenters. The van der Waals surface area contributed by atoms with Crippen LogP contribution in [0.1, 0.15) is 34.8 Å². The van der Waals surface area contributed by atoms with E-state index in [1.54, 1.807) is 0 Å². The van der Waals surface area contributed by atoms with Gasteiger partial charge in [-0.15, -0.1) is 5.10 Å². The Morgan fingerprint density at radius 1 is 1.08 bits per heavy atom. The number of piperidine rings is 1. The molecule has 1 aromatic heterocycles. The fourth-order valence-electron chi connectivity index (χ4n) is 3.37. The molecule has 0 spiro atoms. The Kier molecular flexibility index (Phi) is 4.69. The molecule has 2 heterocycles. The Balaban J connectivity index is 1.44. The third kappa shape index (κ3) is 3.61. The topological polar surface area (TPSA) is 58.2 Å². The molecular weight excluding hydrogens is 326 g/mol. The molecule has 0 radical (unpaired) electrons. The zero-order valence-electron chi connectivity index (χ0n) is 14.5. The van der Waals surface area contributed by atoms with Crippen LogP contribution in [0, 0.1) is 0 Å². The first kappa shape index (κ1) is 16.4. The van der Waals surface area contributed by atoms with Gasteiger partial charge >= 0.3 is 0 Å². The average Bonchev–Trinajstić information content (AvgIpc) is 3.17. The molecule has 4 rings (SSSR count). The van der Waals surface area contributed by atoms with Crippen molar-refractivity contribution in [1.29, 1.82) is 0 Å². The quantitative estimate of drug-likeness (QED) is 0.769. The molecule has 0 bridgehead atoms. The van der Waals surface area contributed by atoms with E-state index in [4.69, 9.17) is 4.74 Å². The molecule has 3 aromatic rings. The number of carbonyl (C=O) groups excluding carboxylic acids is 1. The number of rotatable bonds is 4. The van der Waals surface area contributed by atoms with Crippen LogP contribution in [0.4, 0.5) is 0 Å². The van der Waals surface area contributed by atoms with Gasteiger partial charge in [0, 0.05) is 36.3 Å². The lowest BCUT2D eigenvalue weighted by Gasteiger charge is -2.32. The number of likely N-dealkylation sites (tertiary alicyclic amines) is 1. The van der Waals surface area contributed by atoms with Crippen molar-refractivity contribution in [2.24, 2.45) is 0 Å². The fourth-order valence-corrected chi connectivity index (χ4v) is 3.37. The summed E-state index contributed by atoms with van der Waals surface area (Å²) in [7, 11) is 0. The minimum atomic E-state index is 0.0931. The summed E-state index contributed by atoms with van der Waals surface area (Å²) in [5.74, 6) is 1.65. The molecular formula is C21H21N3O2. The highest BCUT2D eigenvalue weighted by Gasteiger charge is 2.26. The lowest BCUT2D eigenvalue weighted by atomic mass is 9.94. The van der Waals surface area contributed by atoms with Crippen LogP contribution in [0.25, 0.3) is 0 Å². The second-order valence-corrected chi connectivity index (χ2v) is 6.53. The predicted molar refractivity (Wildman–Crippen MR) is 99.4 cm³/mol. The molecule has 1 atom stereocenters. The van der Waals surface area contributed by atoms with E-state index < -0.39 is 0 Å². The van der Waals surface area contributed by atoms with Crippen LogP contribution in [0.5, 0.6) is 11.6 Å². The highest BCUT2D eigenvalue weighted by molar-refractivity contribution is 5.94. The summed E-state index contributed by atoms with van der Waals surface area (Å²) in [6, 6.07) is 21.0. The van der Waals surface area contributed by atoms with Crippen molar-refractivity contribution in [1.82, 2.24) is 15.1 Å². The Morgan fingerprint density at radius 2 is 1.81 bits per heavy atom. The van der Waals surface area contributed by atoms with E-state index in [0.717, 1.165) is 36.4 Å². The first-order valence-electron chi connectivity index (χ1n) is 8.92. The van der Waals surface area contributed by atoms with E-state index in [2.05, 4.69) is 10.2 Å². The Labute approximate surface area is 152 Å². The maximum Gasteiger partial charge on any atom is 0.253 e. The van der Waals surface area contributed by atoms with Crippen molar-refractivity contribution >= 4 is 5.91 Å². The van der Waals surface area contributed by atoms with Crippen LogP contribution < -0.4 is 4.74 Å². The predicted octanol–water partition coefficient (Wildman–Crippen LogP) is 4.22. The van der Waals surface area contributed by atoms with Gasteiger partial charge in [-0.3, -0.25) is 9.89 Å². The normalized spacial score (nSPS) is 17.1. The van der Waals surface area contributed by atoms with Crippen LogP contribution in [0.3, 0.4) is 0 Å². The van der Waals surface area contributed by atoms with Crippen LogP contribution >= 0.6 is 0 Å². The Bertz CT molecular complexity index is 861. The fraction of sp³-hybridized carbons (Fsp3) is 0.238. The molecule has 0 aliphatic carbocycles. The number of aromatic nitrogens is 2. The number of amides is 1. The standard InChI is InChI=1S/C21H21N3O2/c25-21(16-8-3-1-4-9-16)24-13-7-10-17(15-24)19-14-20(23-22-19)26-18-11-5-2-6-12-18/h1-6,8-9,11-12,14,17H,7,10,13,15H2,(H,22,23)/t17-/m0/s1. The SMILES string of the molecule is O=C(c1ccccc1)N1CCC[C@H](c2cc(Oc3ccccc3)n[nH]2)C1. The van der Waals surface area contributed by atoms with Crippen LogP contribution in [-0.2, 0) is 0 Å². The summed E-state index contributed by atoms with van der Waals surface area (Å²) in [5, 5.41) is 7.35. The molecule has 1 saturated heterocycles. The largest absolute Gasteiger partial charge is 0.438 e. The Morgan fingerprint density at radius 3 is 2.58 bits per heavy atom. The number of aromatic amines is 1. The van der Waals surface area contributed by atoms with Crippen molar-refractivity contribution in [3.63, 3.8) is 0 Å². The third-order valence-corrected chi connectivity index (χ3v) is 4.71. The number of hydrogen-bond acceptors (Lipinski definition) is 3. The van der Waals surface area contributed by atoms with Gasteiger partial charge < -0.3 is 9.64 Å². The average molecular weight is 347 g/mol. The van der Waals surface area contributed by atoms with Gasteiger partial charge in [-0.2, -0.15) is 0 Å². The zero-order chi connectivity index (χ0) is 17.8. The number of benzene rings is 2. The first-order chi connectivity index (χ1) is 12.8. The molecule has 1 N–H and O–H groups in total. The second kappa shape index (κ2) is 7.44. The Hall–Kier alpha value is -3.08. The highest BCUT2D eigenvalue weighted by atomic mass is 16.5. The summed E-state index contributed by atoms with van der Waals surface area (Å²) in [5.41, 5.74) is 1.76. The van der Waals surface area contributed by atoms with Gasteiger partial charge in [-0.05, 0) is 37.1 Å². The van der Waals surface area contributed by atoms with Gasteiger partial charge in [0.2, 0.25) is 5.88 Å². The minimum Gasteiger partial charge on any atom is -0.438 e. The first-order valence-corrected chi connectivity index (χ1v) is 8.92. The van der Waals surface area contributed by atoms with E-state index in [0.29, 0.717) is 12.4 Å². The number of H-pyrrole nitrogens is 1. The van der Waals surface area contributed by atoms with E-state index in [-0.39, 0.29) is 11.8 Å². The number of carbonyl (C=O) groups is 1. The molecule has 132 valence electrons. The van der Waals surface area contributed by atoms with Gasteiger partial charge in [-0.25, -0.2) is 0 Å². The van der Waals surface area contributed by atoms with Gasteiger partial charge in [0.15, 0.2) is 0 Å².